The molecule has 0 aromatic heterocycles. The zero-order chi connectivity index (χ0) is 11.3. The van der Waals surface area contributed by atoms with Crippen LogP contribution in [0.1, 0.15) is 40.5 Å². The minimum absolute atomic E-state index is 0.648. The van der Waals surface area contributed by atoms with Crippen molar-refractivity contribution in [1.29, 1.82) is 0 Å². The molecule has 1 saturated heterocycles. The van der Waals surface area contributed by atoms with E-state index in [-0.39, 0.29) is 0 Å². The molecule has 1 fully saturated rings. The number of nitrogens with one attached hydrogen (secondary N) is 1. The Morgan fingerprint density at radius 3 is 2.27 bits per heavy atom. The normalized spacial score (nSPS) is 23.0. The average Bonchev–Trinajstić information content (AvgIpc) is 2.26. The molecular weight excluding hydrogens is 186 g/mol. The van der Waals surface area contributed by atoms with Gasteiger partial charge in [-0.15, -0.1) is 0 Å². The van der Waals surface area contributed by atoms with Crippen molar-refractivity contribution < 1.29 is 4.74 Å². The highest BCUT2D eigenvalue weighted by molar-refractivity contribution is 4.75. The third-order valence-corrected chi connectivity index (χ3v) is 3.87. The maximum Gasteiger partial charge on any atom is 0.0469 e. The van der Waals surface area contributed by atoms with Crippen LogP contribution in [0.25, 0.3) is 0 Å². The highest BCUT2D eigenvalue weighted by Gasteiger charge is 2.20. The first kappa shape index (κ1) is 13.0. The van der Waals surface area contributed by atoms with Gasteiger partial charge in [0.1, 0.15) is 0 Å². The molecular formula is C13H27NO. The van der Waals surface area contributed by atoms with Crippen LogP contribution in [-0.4, -0.2) is 25.8 Å². The van der Waals surface area contributed by atoms with Crippen LogP contribution in [0.5, 0.6) is 0 Å². The van der Waals surface area contributed by atoms with Crippen molar-refractivity contribution in [3.05, 3.63) is 0 Å². The van der Waals surface area contributed by atoms with Gasteiger partial charge in [0, 0.05) is 19.3 Å². The van der Waals surface area contributed by atoms with Gasteiger partial charge in [-0.2, -0.15) is 0 Å². The van der Waals surface area contributed by atoms with Crippen LogP contribution in [0, 0.1) is 17.8 Å². The molecule has 0 radical (unpaired) electrons. The Hall–Kier alpha value is -0.0800. The van der Waals surface area contributed by atoms with Gasteiger partial charge in [-0.05, 0) is 44.1 Å². The topological polar surface area (TPSA) is 21.3 Å². The maximum atomic E-state index is 5.39. The first-order chi connectivity index (χ1) is 7.11. The molecule has 2 nitrogen and oxygen atoms in total. The lowest BCUT2D eigenvalue weighted by Gasteiger charge is -2.30. The maximum absolute atomic E-state index is 5.39. The number of rotatable bonds is 5. The molecule has 0 aliphatic carbocycles. The van der Waals surface area contributed by atoms with Gasteiger partial charge < -0.3 is 10.1 Å². The zero-order valence-corrected chi connectivity index (χ0v) is 10.8. The van der Waals surface area contributed by atoms with Crippen LogP contribution in [0.4, 0.5) is 0 Å². The molecule has 0 amide bonds. The fourth-order valence-electron chi connectivity index (χ4n) is 1.99. The molecule has 2 unspecified atom stereocenters. The summed E-state index contributed by atoms with van der Waals surface area (Å²) in [4.78, 5) is 0. The van der Waals surface area contributed by atoms with E-state index < -0.39 is 0 Å². The number of ether oxygens (including phenoxy) is 1. The summed E-state index contributed by atoms with van der Waals surface area (Å²) in [5.41, 5.74) is 0. The second kappa shape index (κ2) is 6.49. The molecule has 90 valence electrons. The summed E-state index contributed by atoms with van der Waals surface area (Å²) in [5, 5.41) is 3.68. The first-order valence-corrected chi connectivity index (χ1v) is 6.42. The second-order valence-corrected chi connectivity index (χ2v) is 5.37. The van der Waals surface area contributed by atoms with Gasteiger partial charge in [0.15, 0.2) is 0 Å². The molecule has 2 heteroatoms. The van der Waals surface area contributed by atoms with E-state index >= 15 is 0 Å². The van der Waals surface area contributed by atoms with Crippen molar-refractivity contribution >= 4 is 0 Å². The van der Waals surface area contributed by atoms with E-state index in [0.717, 1.165) is 37.5 Å². The Kier molecular flexibility index (Phi) is 5.62. The van der Waals surface area contributed by atoms with Crippen LogP contribution in [-0.2, 0) is 4.74 Å². The van der Waals surface area contributed by atoms with Gasteiger partial charge in [0.2, 0.25) is 0 Å². The van der Waals surface area contributed by atoms with E-state index in [4.69, 9.17) is 4.74 Å². The van der Waals surface area contributed by atoms with E-state index in [1.165, 1.54) is 12.8 Å². The Balaban J connectivity index is 2.19. The summed E-state index contributed by atoms with van der Waals surface area (Å²) >= 11 is 0. The van der Waals surface area contributed by atoms with Gasteiger partial charge >= 0.3 is 0 Å². The van der Waals surface area contributed by atoms with Crippen molar-refractivity contribution in [2.24, 2.45) is 17.8 Å². The van der Waals surface area contributed by atoms with Crippen LogP contribution in [0.3, 0.4) is 0 Å². The molecule has 1 N–H and O–H groups in total. The highest BCUT2D eigenvalue weighted by Crippen LogP contribution is 2.19. The number of hydrogen-bond acceptors (Lipinski definition) is 2. The van der Waals surface area contributed by atoms with Gasteiger partial charge in [-0.3, -0.25) is 0 Å². The molecule has 0 spiro atoms. The van der Waals surface area contributed by atoms with E-state index in [2.05, 4.69) is 33.0 Å². The molecule has 15 heavy (non-hydrogen) atoms. The third-order valence-electron chi connectivity index (χ3n) is 3.87. The second-order valence-electron chi connectivity index (χ2n) is 5.37. The highest BCUT2D eigenvalue weighted by atomic mass is 16.5. The summed E-state index contributed by atoms with van der Waals surface area (Å²) in [7, 11) is 0. The van der Waals surface area contributed by atoms with Gasteiger partial charge in [-0.25, -0.2) is 0 Å². The van der Waals surface area contributed by atoms with Crippen molar-refractivity contribution in [2.45, 2.75) is 46.6 Å². The minimum Gasteiger partial charge on any atom is -0.381 e. The lowest BCUT2D eigenvalue weighted by Crippen LogP contribution is -2.39. The summed E-state index contributed by atoms with van der Waals surface area (Å²) in [6, 6.07) is 0.648. The molecule has 1 rings (SSSR count). The van der Waals surface area contributed by atoms with Crippen molar-refractivity contribution in [3.63, 3.8) is 0 Å². The van der Waals surface area contributed by atoms with Crippen LogP contribution >= 0.6 is 0 Å². The molecule has 0 aromatic rings. The molecule has 1 heterocycles. The van der Waals surface area contributed by atoms with E-state index in [1.54, 1.807) is 0 Å². The quantitative estimate of drug-likeness (QED) is 0.758. The van der Waals surface area contributed by atoms with Crippen molar-refractivity contribution in [3.8, 4) is 0 Å². The van der Waals surface area contributed by atoms with Crippen molar-refractivity contribution in [1.82, 2.24) is 5.32 Å². The molecule has 0 aromatic carbocycles. The Morgan fingerprint density at radius 1 is 1.13 bits per heavy atom. The number of hydrogen-bond donors (Lipinski definition) is 1. The molecule has 1 aliphatic rings. The lowest BCUT2D eigenvalue weighted by molar-refractivity contribution is 0.0553. The minimum atomic E-state index is 0.648. The first-order valence-electron chi connectivity index (χ1n) is 6.42. The monoisotopic (exact) mass is 213 g/mol. The predicted octanol–water partition coefficient (Wildman–Crippen LogP) is 2.68. The Morgan fingerprint density at radius 2 is 1.73 bits per heavy atom. The molecule has 0 saturated carbocycles. The third kappa shape index (κ3) is 4.52. The van der Waals surface area contributed by atoms with Crippen LogP contribution in [0.15, 0.2) is 0 Å². The average molecular weight is 213 g/mol. The van der Waals surface area contributed by atoms with Crippen molar-refractivity contribution in [2.75, 3.05) is 19.8 Å². The molecule has 2 atom stereocenters. The van der Waals surface area contributed by atoms with Gasteiger partial charge in [0.05, 0.1) is 0 Å². The zero-order valence-electron chi connectivity index (χ0n) is 10.8. The fraction of sp³-hybridized carbons (Fsp3) is 1.00. The largest absolute Gasteiger partial charge is 0.381 e. The predicted molar refractivity (Wildman–Crippen MR) is 65.0 cm³/mol. The SMILES string of the molecule is CC(C)C(C)CNC(C)C1CCOCC1. The Labute approximate surface area is 94.8 Å². The summed E-state index contributed by atoms with van der Waals surface area (Å²) < 4.78 is 5.39. The Bertz CT molecular complexity index is 164. The van der Waals surface area contributed by atoms with E-state index in [9.17, 15) is 0 Å². The fourth-order valence-corrected chi connectivity index (χ4v) is 1.99. The van der Waals surface area contributed by atoms with Crippen LogP contribution in [0.2, 0.25) is 0 Å². The summed E-state index contributed by atoms with van der Waals surface area (Å²) in [5.74, 6) is 2.37. The smallest absolute Gasteiger partial charge is 0.0469 e. The lowest BCUT2D eigenvalue weighted by atomic mass is 9.91. The molecule has 0 bridgehead atoms. The van der Waals surface area contributed by atoms with Gasteiger partial charge in [-0.1, -0.05) is 20.8 Å². The summed E-state index contributed by atoms with van der Waals surface area (Å²) in [6.07, 6.45) is 2.45. The molecule has 1 aliphatic heterocycles. The van der Waals surface area contributed by atoms with Gasteiger partial charge in [0.25, 0.3) is 0 Å². The van der Waals surface area contributed by atoms with Crippen LogP contribution < -0.4 is 5.32 Å². The summed E-state index contributed by atoms with van der Waals surface area (Å²) in [6.45, 7) is 12.3. The van der Waals surface area contributed by atoms with E-state index in [1.807, 2.05) is 0 Å². The van der Waals surface area contributed by atoms with E-state index in [0.29, 0.717) is 6.04 Å². The standard InChI is InChI=1S/C13H27NO/c1-10(2)11(3)9-14-12(4)13-5-7-15-8-6-13/h10-14H,5-9H2,1-4H3.